The second-order valence-electron chi connectivity index (χ2n) is 6.51. The summed E-state index contributed by atoms with van der Waals surface area (Å²) in [6, 6.07) is 19.2. The molecule has 0 aliphatic carbocycles. The lowest BCUT2D eigenvalue weighted by Gasteiger charge is -2.19. The number of nitrogens with one attached hydrogen (secondary N) is 2. The highest BCUT2D eigenvalue weighted by Gasteiger charge is 2.21. The fourth-order valence-corrected chi connectivity index (χ4v) is 2.99. The van der Waals surface area contributed by atoms with Gasteiger partial charge in [-0.2, -0.15) is 0 Å². The Bertz CT molecular complexity index is 964. The van der Waals surface area contributed by atoms with E-state index < -0.39 is 23.6 Å². The minimum atomic E-state index is -0.818. The summed E-state index contributed by atoms with van der Waals surface area (Å²) in [5.74, 6) is -1.17. The molecule has 0 heterocycles. The molecule has 3 rings (SSSR count). The van der Waals surface area contributed by atoms with E-state index >= 15 is 0 Å². The van der Waals surface area contributed by atoms with Crippen LogP contribution in [0.15, 0.2) is 72.8 Å². The smallest absolute Gasteiger partial charge is 0.246 e. The maximum Gasteiger partial charge on any atom is 0.246 e. The summed E-state index contributed by atoms with van der Waals surface area (Å²) in [4.78, 5) is 12.8. The van der Waals surface area contributed by atoms with Crippen LogP contribution in [0.5, 0.6) is 5.75 Å². The molecule has 0 unspecified atom stereocenters. The van der Waals surface area contributed by atoms with E-state index in [-0.39, 0.29) is 5.69 Å². The highest BCUT2D eigenvalue weighted by molar-refractivity contribution is 5.95. The summed E-state index contributed by atoms with van der Waals surface area (Å²) in [6.45, 7) is 0.520. The summed E-state index contributed by atoms with van der Waals surface area (Å²) in [7, 11) is 1.61. The van der Waals surface area contributed by atoms with E-state index in [4.69, 9.17) is 4.74 Å². The van der Waals surface area contributed by atoms with Crippen LogP contribution in [0, 0.1) is 11.6 Å². The number of carbonyl (C=O) groups is 1. The van der Waals surface area contributed by atoms with Gasteiger partial charge in [-0.25, -0.2) is 8.78 Å². The highest BCUT2D eigenvalue weighted by Crippen LogP contribution is 2.20. The number of amides is 1. The van der Waals surface area contributed by atoms with Crippen LogP contribution in [-0.4, -0.2) is 19.6 Å². The van der Waals surface area contributed by atoms with Crippen molar-refractivity contribution in [2.75, 3.05) is 19.0 Å². The van der Waals surface area contributed by atoms with Crippen molar-refractivity contribution in [1.29, 1.82) is 0 Å². The molecule has 3 aromatic rings. The van der Waals surface area contributed by atoms with E-state index in [2.05, 4.69) is 10.6 Å². The van der Waals surface area contributed by atoms with Gasteiger partial charge in [0.15, 0.2) is 0 Å². The van der Waals surface area contributed by atoms with E-state index in [0.717, 1.165) is 29.0 Å². The van der Waals surface area contributed by atoms with Crippen LogP contribution in [0.3, 0.4) is 0 Å². The lowest BCUT2D eigenvalue weighted by Crippen LogP contribution is -2.34. The third kappa shape index (κ3) is 5.62. The highest BCUT2D eigenvalue weighted by atomic mass is 19.1. The number of methoxy groups -OCH3 is 1. The maximum absolute atomic E-state index is 13.9. The molecular formula is C23H22F2N2O2. The number of ether oxygens (including phenoxy) is 1. The Balaban J connectivity index is 1.71. The molecule has 0 saturated carbocycles. The van der Waals surface area contributed by atoms with Crippen molar-refractivity contribution in [1.82, 2.24) is 5.32 Å². The molecule has 0 spiro atoms. The van der Waals surface area contributed by atoms with Gasteiger partial charge in [-0.15, -0.1) is 0 Å². The standard InChI is InChI=1S/C23H22F2N2O2/c1-29-19-9-5-6-16(14-19)12-13-26-22(17-7-3-2-4-8-17)23(28)27-21-11-10-18(24)15-20(21)25/h2-11,14-15,22,26H,12-13H2,1H3,(H,27,28)/t22-/m1/s1. The van der Waals surface area contributed by atoms with Gasteiger partial charge in [0.1, 0.15) is 23.4 Å². The van der Waals surface area contributed by atoms with Crippen molar-refractivity contribution >= 4 is 11.6 Å². The molecule has 0 aliphatic rings. The third-order valence-electron chi connectivity index (χ3n) is 4.48. The SMILES string of the molecule is COc1cccc(CCN[C@@H](C(=O)Nc2ccc(F)cc2F)c2ccccc2)c1. The molecule has 0 aromatic heterocycles. The van der Waals surface area contributed by atoms with Crippen molar-refractivity contribution < 1.29 is 18.3 Å². The molecule has 1 atom stereocenters. The van der Waals surface area contributed by atoms with E-state index in [1.807, 2.05) is 54.6 Å². The van der Waals surface area contributed by atoms with Crippen LogP contribution >= 0.6 is 0 Å². The Kier molecular flexibility index (Phi) is 6.92. The maximum atomic E-state index is 13.9. The predicted octanol–water partition coefficient (Wildman–Crippen LogP) is 4.49. The first-order valence-electron chi connectivity index (χ1n) is 9.24. The summed E-state index contributed by atoms with van der Waals surface area (Å²) in [5, 5.41) is 5.76. The van der Waals surface area contributed by atoms with Crippen LogP contribution in [0.4, 0.5) is 14.5 Å². The van der Waals surface area contributed by atoms with Gasteiger partial charge >= 0.3 is 0 Å². The summed E-state index contributed by atoms with van der Waals surface area (Å²) < 4.78 is 32.3. The Morgan fingerprint density at radius 1 is 1.00 bits per heavy atom. The number of benzene rings is 3. The number of carbonyl (C=O) groups excluding carboxylic acids is 1. The molecule has 150 valence electrons. The fourth-order valence-electron chi connectivity index (χ4n) is 2.99. The molecular weight excluding hydrogens is 374 g/mol. The molecule has 29 heavy (non-hydrogen) atoms. The molecule has 4 nitrogen and oxygen atoms in total. The average Bonchev–Trinajstić information content (AvgIpc) is 2.74. The first-order chi connectivity index (χ1) is 14.1. The number of hydrogen-bond acceptors (Lipinski definition) is 3. The van der Waals surface area contributed by atoms with Crippen LogP contribution in [0.2, 0.25) is 0 Å². The van der Waals surface area contributed by atoms with Crippen LogP contribution in [0.25, 0.3) is 0 Å². The number of halogens is 2. The van der Waals surface area contributed by atoms with Gasteiger partial charge in [0, 0.05) is 12.6 Å². The van der Waals surface area contributed by atoms with Gasteiger partial charge in [0.2, 0.25) is 5.91 Å². The summed E-state index contributed by atoms with van der Waals surface area (Å²) in [5.41, 5.74) is 1.75. The second-order valence-corrected chi connectivity index (χ2v) is 6.51. The minimum absolute atomic E-state index is 0.0630. The topological polar surface area (TPSA) is 50.4 Å². The molecule has 0 saturated heterocycles. The molecule has 0 bridgehead atoms. The fraction of sp³-hybridized carbons (Fsp3) is 0.174. The van der Waals surface area contributed by atoms with Crippen LogP contribution in [-0.2, 0) is 11.2 Å². The Morgan fingerprint density at radius 2 is 1.79 bits per heavy atom. The van der Waals surface area contributed by atoms with Crippen molar-refractivity contribution in [2.45, 2.75) is 12.5 Å². The number of anilines is 1. The molecule has 3 aromatic carbocycles. The Morgan fingerprint density at radius 3 is 2.52 bits per heavy atom. The van der Waals surface area contributed by atoms with Gasteiger partial charge in [-0.1, -0.05) is 42.5 Å². The lowest BCUT2D eigenvalue weighted by atomic mass is 10.1. The third-order valence-corrected chi connectivity index (χ3v) is 4.48. The quantitative estimate of drug-likeness (QED) is 0.590. The van der Waals surface area contributed by atoms with Gasteiger partial charge < -0.3 is 15.4 Å². The molecule has 6 heteroatoms. The first-order valence-corrected chi connectivity index (χ1v) is 9.24. The Labute approximate surface area is 168 Å². The first kappa shape index (κ1) is 20.5. The lowest BCUT2D eigenvalue weighted by molar-refractivity contribution is -0.118. The zero-order valence-corrected chi connectivity index (χ0v) is 16.0. The summed E-state index contributed by atoms with van der Waals surface area (Å²) in [6.07, 6.45) is 0.679. The van der Waals surface area contributed by atoms with E-state index in [0.29, 0.717) is 13.0 Å². The second kappa shape index (κ2) is 9.80. The summed E-state index contributed by atoms with van der Waals surface area (Å²) >= 11 is 0. The van der Waals surface area contributed by atoms with Gasteiger partial charge in [-0.05, 0) is 41.8 Å². The van der Waals surface area contributed by atoms with Crippen molar-refractivity contribution in [3.8, 4) is 5.75 Å². The monoisotopic (exact) mass is 396 g/mol. The Hall–Kier alpha value is -3.25. The molecule has 0 radical (unpaired) electrons. The van der Waals surface area contributed by atoms with Crippen molar-refractivity contribution in [3.63, 3.8) is 0 Å². The zero-order chi connectivity index (χ0) is 20.6. The molecule has 0 aliphatic heterocycles. The van der Waals surface area contributed by atoms with Gasteiger partial charge in [0.05, 0.1) is 12.8 Å². The van der Waals surface area contributed by atoms with Crippen molar-refractivity contribution in [2.24, 2.45) is 0 Å². The number of rotatable bonds is 8. The van der Waals surface area contributed by atoms with Gasteiger partial charge in [0.25, 0.3) is 0 Å². The molecule has 0 fully saturated rings. The van der Waals surface area contributed by atoms with Crippen LogP contribution < -0.4 is 15.4 Å². The van der Waals surface area contributed by atoms with E-state index in [9.17, 15) is 13.6 Å². The minimum Gasteiger partial charge on any atom is -0.497 e. The molecule has 2 N–H and O–H groups in total. The van der Waals surface area contributed by atoms with Crippen LogP contribution in [0.1, 0.15) is 17.2 Å². The van der Waals surface area contributed by atoms with E-state index in [1.165, 1.54) is 6.07 Å². The predicted molar refractivity (Wildman–Crippen MR) is 109 cm³/mol. The number of hydrogen-bond donors (Lipinski definition) is 2. The zero-order valence-electron chi connectivity index (χ0n) is 16.0. The van der Waals surface area contributed by atoms with E-state index in [1.54, 1.807) is 7.11 Å². The average molecular weight is 396 g/mol. The van der Waals surface area contributed by atoms with Gasteiger partial charge in [-0.3, -0.25) is 4.79 Å². The van der Waals surface area contributed by atoms with Crippen molar-refractivity contribution in [3.05, 3.63) is 95.6 Å². The largest absolute Gasteiger partial charge is 0.497 e. The normalized spacial score (nSPS) is 11.7. The molecule has 1 amide bonds.